The molecule has 1 N–H and O–H groups in total. The van der Waals surface area contributed by atoms with Gasteiger partial charge >= 0.3 is 0 Å². The van der Waals surface area contributed by atoms with Crippen molar-refractivity contribution in [2.24, 2.45) is 0 Å². The Labute approximate surface area is 157 Å². The molecule has 1 aliphatic rings. The van der Waals surface area contributed by atoms with E-state index in [4.69, 9.17) is 9.47 Å². The summed E-state index contributed by atoms with van der Waals surface area (Å²) in [5.74, 6) is -0.120. The molecule has 0 bridgehead atoms. The van der Waals surface area contributed by atoms with Gasteiger partial charge in [0.05, 0.1) is 13.2 Å². The minimum atomic E-state index is -0.594. The van der Waals surface area contributed by atoms with Crippen LogP contribution >= 0.6 is 0 Å². The fourth-order valence-corrected chi connectivity index (χ4v) is 3.65. The third-order valence-corrected chi connectivity index (χ3v) is 5.02. The topological polar surface area (TPSA) is 30.5 Å². The summed E-state index contributed by atoms with van der Waals surface area (Å²) >= 11 is 0. The van der Waals surface area contributed by atoms with Crippen LogP contribution < -0.4 is 5.32 Å². The lowest BCUT2D eigenvalue weighted by atomic mass is 9.87. The molecule has 1 aliphatic heterocycles. The molecule has 1 atom stereocenters. The lowest BCUT2D eigenvalue weighted by Crippen LogP contribution is -2.28. The second-order valence-corrected chi connectivity index (χ2v) is 6.74. The Hall–Kier alpha value is -1.94. The van der Waals surface area contributed by atoms with E-state index in [2.05, 4.69) is 66.5 Å². The van der Waals surface area contributed by atoms with E-state index in [-0.39, 0.29) is 0 Å². The molecule has 1 heterocycles. The average Bonchev–Trinajstić information content (AvgIpc) is 3.19. The van der Waals surface area contributed by atoms with Crippen LogP contribution in [0.3, 0.4) is 0 Å². The molecule has 0 aromatic heterocycles. The largest absolute Gasteiger partial charge is 0.343 e. The van der Waals surface area contributed by atoms with E-state index < -0.39 is 5.79 Å². The maximum atomic E-state index is 6.10. The Morgan fingerprint density at radius 3 is 2.27 bits per heavy atom. The summed E-state index contributed by atoms with van der Waals surface area (Å²) in [6.07, 6.45) is 4.87. The quantitative estimate of drug-likeness (QED) is 0.501. The van der Waals surface area contributed by atoms with Gasteiger partial charge in [0, 0.05) is 18.5 Å². The molecule has 1 unspecified atom stereocenters. The van der Waals surface area contributed by atoms with Crippen molar-refractivity contribution < 1.29 is 9.47 Å². The maximum Gasteiger partial charge on any atom is 0.195 e. The Bertz CT molecular complexity index is 650. The first-order valence-electron chi connectivity index (χ1n) is 9.54. The van der Waals surface area contributed by atoms with Gasteiger partial charge in [-0.2, -0.15) is 0 Å². The van der Waals surface area contributed by atoms with Gasteiger partial charge in [-0.3, -0.25) is 0 Å². The molecule has 1 saturated heterocycles. The molecule has 26 heavy (non-hydrogen) atoms. The molecule has 138 valence electrons. The third-order valence-electron chi connectivity index (χ3n) is 5.02. The van der Waals surface area contributed by atoms with Crippen molar-refractivity contribution in [2.45, 2.75) is 31.0 Å². The van der Waals surface area contributed by atoms with Crippen molar-refractivity contribution in [3.05, 3.63) is 84.4 Å². The second-order valence-electron chi connectivity index (χ2n) is 6.74. The van der Waals surface area contributed by atoms with E-state index in [9.17, 15) is 0 Å². The molecule has 2 aromatic rings. The summed E-state index contributed by atoms with van der Waals surface area (Å²) < 4.78 is 12.2. The minimum Gasteiger partial charge on any atom is -0.343 e. The van der Waals surface area contributed by atoms with E-state index in [0.29, 0.717) is 19.1 Å². The number of hydrogen-bond donors (Lipinski definition) is 1. The van der Waals surface area contributed by atoms with Crippen LogP contribution in [-0.2, 0) is 15.3 Å². The van der Waals surface area contributed by atoms with Gasteiger partial charge in [-0.05, 0) is 30.9 Å². The minimum absolute atomic E-state index is 0.474. The van der Waals surface area contributed by atoms with E-state index >= 15 is 0 Å². The van der Waals surface area contributed by atoms with Gasteiger partial charge in [0.15, 0.2) is 5.79 Å². The van der Waals surface area contributed by atoms with Crippen LogP contribution in [0.2, 0.25) is 0 Å². The molecule has 1 fully saturated rings. The van der Waals surface area contributed by atoms with Gasteiger partial charge in [-0.15, -0.1) is 6.58 Å². The van der Waals surface area contributed by atoms with Gasteiger partial charge in [-0.1, -0.05) is 66.7 Å². The third kappa shape index (κ3) is 4.82. The highest BCUT2D eigenvalue weighted by Crippen LogP contribution is 2.39. The normalized spacial score (nSPS) is 17.1. The Balaban J connectivity index is 1.70. The van der Waals surface area contributed by atoms with Crippen molar-refractivity contribution in [3.8, 4) is 0 Å². The molecule has 0 saturated carbocycles. The molecule has 0 aliphatic carbocycles. The van der Waals surface area contributed by atoms with Gasteiger partial charge < -0.3 is 14.8 Å². The van der Waals surface area contributed by atoms with Crippen LogP contribution in [0.15, 0.2) is 73.3 Å². The summed E-state index contributed by atoms with van der Waals surface area (Å²) in [6, 6.07) is 21.1. The van der Waals surface area contributed by atoms with E-state index in [1.165, 1.54) is 5.56 Å². The fraction of sp³-hybridized carbons (Fsp3) is 0.391. The number of rotatable bonds is 10. The van der Waals surface area contributed by atoms with E-state index in [1.807, 2.05) is 12.1 Å². The van der Waals surface area contributed by atoms with Crippen molar-refractivity contribution in [2.75, 3.05) is 26.3 Å². The van der Waals surface area contributed by atoms with E-state index in [0.717, 1.165) is 37.9 Å². The zero-order valence-corrected chi connectivity index (χ0v) is 15.4. The average molecular weight is 351 g/mol. The maximum absolute atomic E-state index is 6.10. The van der Waals surface area contributed by atoms with Crippen LogP contribution in [-0.4, -0.2) is 26.3 Å². The summed E-state index contributed by atoms with van der Waals surface area (Å²) in [5, 5.41) is 3.42. The monoisotopic (exact) mass is 351 g/mol. The summed E-state index contributed by atoms with van der Waals surface area (Å²) in [5.41, 5.74) is 2.50. The van der Waals surface area contributed by atoms with Gasteiger partial charge in [-0.25, -0.2) is 0 Å². The van der Waals surface area contributed by atoms with Crippen molar-refractivity contribution in [3.63, 3.8) is 0 Å². The first-order chi connectivity index (χ1) is 12.8. The first kappa shape index (κ1) is 18.8. The predicted octanol–water partition coefficient (Wildman–Crippen LogP) is 4.62. The smallest absolute Gasteiger partial charge is 0.195 e. The molecule has 0 spiro atoms. The molecule has 3 heteroatoms. The molecule has 0 amide bonds. The molecule has 2 aromatic carbocycles. The Kier molecular flexibility index (Phi) is 7.01. The molecule has 3 rings (SSSR count). The molecule has 0 radical (unpaired) electrons. The van der Waals surface area contributed by atoms with Crippen molar-refractivity contribution in [1.82, 2.24) is 5.32 Å². The van der Waals surface area contributed by atoms with Gasteiger partial charge in [0.1, 0.15) is 0 Å². The van der Waals surface area contributed by atoms with Crippen molar-refractivity contribution >= 4 is 0 Å². The van der Waals surface area contributed by atoms with Crippen LogP contribution in [0.5, 0.6) is 0 Å². The zero-order chi connectivity index (χ0) is 18.1. The van der Waals surface area contributed by atoms with Crippen LogP contribution in [0.1, 0.15) is 36.3 Å². The molecular weight excluding hydrogens is 322 g/mol. The van der Waals surface area contributed by atoms with E-state index in [1.54, 1.807) is 0 Å². The van der Waals surface area contributed by atoms with Crippen LogP contribution in [0, 0.1) is 0 Å². The fourth-order valence-electron chi connectivity index (χ4n) is 3.65. The molecular formula is C23H29NO2. The summed E-state index contributed by atoms with van der Waals surface area (Å²) in [7, 11) is 0. The highest BCUT2D eigenvalue weighted by atomic mass is 16.7. The highest BCUT2D eigenvalue weighted by Gasteiger charge is 2.38. The van der Waals surface area contributed by atoms with Crippen molar-refractivity contribution in [1.29, 1.82) is 0 Å². The first-order valence-corrected chi connectivity index (χ1v) is 9.54. The standard InChI is InChI=1S/C23H29NO2/c1-2-16-24-17-14-21(20-9-5-3-6-10-20)13-15-23(25-18-19-26-23)22-11-7-4-8-12-22/h2-12,21,24H,1,13-19H2. The lowest BCUT2D eigenvalue weighted by molar-refractivity contribution is -0.172. The molecule has 3 nitrogen and oxygen atoms in total. The number of benzene rings is 2. The zero-order valence-electron chi connectivity index (χ0n) is 15.4. The Morgan fingerprint density at radius 2 is 1.62 bits per heavy atom. The SMILES string of the molecule is C=CCNCCC(CCC1(c2ccccc2)OCCO1)c1ccccc1. The predicted molar refractivity (Wildman–Crippen MR) is 106 cm³/mol. The lowest BCUT2D eigenvalue weighted by Gasteiger charge is -2.30. The number of hydrogen-bond acceptors (Lipinski definition) is 3. The number of nitrogens with one attached hydrogen (secondary N) is 1. The summed E-state index contributed by atoms with van der Waals surface area (Å²) in [4.78, 5) is 0. The second kappa shape index (κ2) is 9.67. The number of ether oxygens (including phenoxy) is 2. The summed E-state index contributed by atoms with van der Waals surface area (Å²) in [6.45, 7) is 6.91. The van der Waals surface area contributed by atoms with Crippen LogP contribution in [0.25, 0.3) is 0 Å². The van der Waals surface area contributed by atoms with Crippen LogP contribution in [0.4, 0.5) is 0 Å². The van der Waals surface area contributed by atoms with Gasteiger partial charge in [0.2, 0.25) is 0 Å². The Morgan fingerprint density at radius 1 is 0.962 bits per heavy atom. The highest BCUT2D eigenvalue weighted by molar-refractivity contribution is 5.23. The van der Waals surface area contributed by atoms with Gasteiger partial charge in [0.25, 0.3) is 0 Å².